The van der Waals surface area contributed by atoms with Gasteiger partial charge in [0.2, 0.25) is 0 Å². The fourth-order valence-electron chi connectivity index (χ4n) is 0.991. The van der Waals surface area contributed by atoms with Crippen LogP contribution in [-0.4, -0.2) is 38.4 Å². The molecule has 1 rings (SSSR count). The largest absolute Gasteiger partial charge is 0.377 e. The lowest BCUT2D eigenvalue weighted by Gasteiger charge is -2.28. The first-order valence-corrected chi connectivity index (χ1v) is 4.34. The Balaban J connectivity index is 1.80. The predicted molar refractivity (Wildman–Crippen MR) is 45.7 cm³/mol. The minimum Gasteiger partial charge on any atom is -0.377 e. The molecule has 0 aromatic heterocycles. The van der Waals surface area contributed by atoms with Crippen LogP contribution in [0.25, 0.3) is 0 Å². The van der Waals surface area contributed by atoms with Crippen molar-refractivity contribution >= 4 is 0 Å². The van der Waals surface area contributed by atoms with E-state index in [0.717, 1.165) is 26.2 Å². The molecule has 0 spiro atoms. The average molecular weight is 158 g/mol. The standard InChI is InChI=1S/C8H18N2O/c1-7(2)11-4-3-10-8-5-9-6-8/h7-10H,3-6H2,1-2H3. The van der Waals surface area contributed by atoms with Crippen LogP contribution < -0.4 is 10.6 Å². The number of rotatable bonds is 5. The third kappa shape index (κ3) is 3.70. The van der Waals surface area contributed by atoms with E-state index in [4.69, 9.17) is 4.74 Å². The van der Waals surface area contributed by atoms with Crippen LogP contribution in [0.5, 0.6) is 0 Å². The fourth-order valence-corrected chi connectivity index (χ4v) is 0.991. The summed E-state index contributed by atoms with van der Waals surface area (Å²) in [5.74, 6) is 0. The summed E-state index contributed by atoms with van der Waals surface area (Å²) in [5, 5.41) is 6.59. The van der Waals surface area contributed by atoms with E-state index in [0.29, 0.717) is 12.1 Å². The maximum atomic E-state index is 5.38. The van der Waals surface area contributed by atoms with Crippen molar-refractivity contribution in [3.05, 3.63) is 0 Å². The normalized spacial score (nSPS) is 18.8. The highest BCUT2D eigenvalue weighted by molar-refractivity contribution is 4.80. The van der Waals surface area contributed by atoms with Crippen LogP contribution in [-0.2, 0) is 4.74 Å². The van der Waals surface area contributed by atoms with Crippen molar-refractivity contribution in [3.8, 4) is 0 Å². The molecule has 0 amide bonds. The quantitative estimate of drug-likeness (QED) is 0.551. The Kier molecular flexibility index (Phi) is 3.83. The van der Waals surface area contributed by atoms with Gasteiger partial charge >= 0.3 is 0 Å². The first kappa shape index (κ1) is 8.97. The summed E-state index contributed by atoms with van der Waals surface area (Å²) in [7, 11) is 0. The van der Waals surface area contributed by atoms with Crippen molar-refractivity contribution in [2.24, 2.45) is 0 Å². The highest BCUT2D eigenvalue weighted by Gasteiger charge is 2.14. The van der Waals surface area contributed by atoms with E-state index in [9.17, 15) is 0 Å². The molecule has 0 unspecified atom stereocenters. The second kappa shape index (κ2) is 4.70. The number of hydrogen-bond donors (Lipinski definition) is 2. The first-order valence-electron chi connectivity index (χ1n) is 4.34. The van der Waals surface area contributed by atoms with Crippen molar-refractivity contribution in [1.82, 2.24) is 10.6 Å². The predicted octanol–water partition coefficient (Wildman–Crippen LogP) is -0.0272. The maximum absolute atomic E-state index is 5.38. The third-order valence-corrected chi connectivity index (χ3v) is 1.77. The topological polar surface area (TPSA) is 33.3 Å². The molecule has 0 bridgehead atoms. The SMILES string of the molecule is CC(C)OCCNC1CNC1. The lowest BCUT2D eigenvalue weighted by atomic mass is 10.2. The van der Waals surface area contributed by atoms with Crippen LogP contribution in [0.3, 0.4) is 0 Å². The van der Waals surface area contributed by atoms with Crippen molar-refractivity contribution in [3.63, 3.8) is 0 Å². The molecule has 3 nitrogen and oxygen atoms in total. The monoisotopic (exact) mass is 158 g/mol. The molecule has 0 radical (unpaired) electrons. The molecule has 1 aliphatic heterocycles. The van der Waals surface area contributed by atoms with Gasteiger partial charge in [-0.2, -0.15) is 0 Å². The summed E-state index contributed by atoms with van der Waals surface area (Å²) in [5.41, 5.74) is 0. The lowest BCUT2D eigenvalue weighted by Crippen LogP contribution is -2.55. The smallest absolute Gasteiger partial charge is 0.0594 e. The zero-order valence-electron chi connectivity index (χ0n) is 7.39. The van der Waals surface area contributed by atoms with Crippen LogP contribution >= 0.6 is 0 Å². The summed E-state index contributed by atoms with van der Waals surface area (Å²) < 4.78 is 5.38. The first-order chi connectivity index (χ1) is 5.29. The van der Waals surface area contributed by atoms with Gasteiger partial charge in [0.15, 0.2) is 0 Å². The molecule has 66 valence electrons. The van der Waals surface area contributed by atoms with Gasteiger partial charge in [-0.05, 0) is 13.8 Å². The molecular formula is C8H18N2O. The molecule has 0 aliphatic carbocycles. The third-order valence-electron chi connectivity index (χ3n) is 1.77. The van der Waals surface area contributed by atoms with E-state index < -0.39 is 0 Å². The molecule has 1 heterocycles. The fraction of sp³-hybridized carbons (Fsp3) is 1.00. The summed E-state index contributed by atoms with van der Waals surface area (Å²) in [6.07, 6.45) is 0.358. The van der Waals surface area contributed by atoms with Gasteiger partial charge in [0, 0.05) is 25.7 Å². The number of nitrogens with one attached hydrogen (secondary N) is 2. The summed E-state index contributed by atoms with van der Waals surface area (Å²) >= 11 is 0. The molecule has 1 fully saturated rings. The lowest BCUT2D eigenvalue weighted by molar-refractivity contribution is 0.0782. The minimum absolute atomic E-state index is 0.358. The van der Waals surface area contributed by atoms with Crippen LogP contribution in [0, 0.1) is 0 Å². The van der Waals surface area contributed by atoms with Gasteiger partial charge in [-0.25, -0.2) is 0 Å². The molecular weight excluding hydrogens is 140 g/mol. The Bertz CT molecular complexity index is 102. The molecule has 0 saturated carbocycles. The van der Waals surface area contributed by atoms with Gasteiger partial charge < -0.3 is 15.4 Å². The Morgan fingerprint density at radius 2 is 2.27 bits per heavy atom. The Morgan fingerprint density at radius 1 is 1.55 bits per heavy atom. The molecule has 0 aromatic rings. The Morgan fingerprint density at radius 3 is 2.73 bits per heavy atom. The van der Waals surface area contributed by atoms with Crippen molar-refractivity contribution in [2.45, 2.75) is 26.0 Å². The molecule has 0 atom stereocenters. The van der Waals surface area contributed by atoms with Crippen molar-refractivity contribution in [2.75, 3.05) is 26.2 Å². The Hall–Kier alpha value is -0.120. The van der Waals surface area contributed by atoms with Gasteiger partial charge in [-0.1, -0.05) is 0 Å². The summed E-state index contributed by atoms with van der Waals surface area (Å²) in [6, 6.07) is 0.686. The molecule has 1 saturated heterocycles. The maximum Gasteiger partial charge on any atom is 0.0594 e. The van der Waals surface area contributed by atoms with Gasteiger partial charge in [-0.15, -0.1) is 0 Å². The van der Waals surface area contributed by atoms with Gasteiger partial charge in [-0.3, -0.25) is 0 Å². The van der Waals surface area contributed by atoms with E-state index in [-0.39, 0.29) is 0 Å². The number of ether oxygens (including phenoxy) is 1. The molecule has 1 aliphatic rings. The van der Waals surface area contributed by atoms with Crippen molar-refractivity contribution in [1.29, 1.82) is 0 Å². The van der Waals surface area contributed by atoms with Gasteiger partial charge in [0.25, 0.3) is 0 Å². The molecule has 11 heavy (non-hydrogen) atoms. The van der Waals surface area contributed by atoms with Gasteiger partial charge in [0.05, 0.1) is 12.7 Å². The zero-order valence-corrected chi connectivity index (χ0v) is 7.39. The number of hydrogen-bond acceptors (Lipinski definition) is 3. The van der Waals surface area contributed by atoms with Crippen LogP contribution in [0.4, 0.5) is 0 Å². The molecule has 2 N–H and O–H groups in total. The van der Waals surface area contributed by atoms with Crippen LogP contribution in [0.2, 0.25) is 0 Å². The Labute approximate surface area is 68.5 Å². The molecule has 3 heteroatoms. The molecule has 0 aromatic carbocycles. The van der Waals surface area contributed by atoms with Crippen LogP contribution in [0.15, 0.2) is 0 Å². The van der Waals surface area contributed by atoms with E-state index >= 15 is 0 Å². The summed E-state index contributed by atoms with van der Waals surface area (Å²) in [6.45, 7) is 8.15. The average Bonchev–Trinajstić information content (AvgIpc) is 1.82. The summed E-state index contributed by atoms with van der Waals surface area (Å²) in [4.78, 5) is 0. The second-order valence-corrected chi connectivity index (χ2v) is 3.23. The van der Waals surface area contributed by atoms with Crippen molar-refractivity contribution < 1.29 is 4.74 Å². The van der Waals surface area contributed by atoms with E-state index in [1.807, 2.05) is 0 Å². The highest BCUT2D eigenvalue weighted by Crippen LogP contribution is 1.90. The highest BCUT2D eigenvalue weighted by atomic mass is 16.5. The minimum atomic E-state index is 0.358. The van der Waals surface area contributed by atoms with Gasteiger partial charge in [0.1, 0.15) is 0 Å². The second-order valence-electron chi connectivity index (χ2n) is 3.23. The zero-order chi connectivity index (χ0) is 8.10. The van der Waals surface area contributed by atoms with E-state index in [1.54, 1.807) is 0 Å². The van der Waals surface area contributed by atoms with E-state index in [2.05, 4.69) is 24.5 Å². The van der Waals surface area contributed by atoms with Crippen LogP contribution in [0.1, 0.15) is 13.8 Å². The van der Waals surface area contributed by atoms with E-state index in [1.165, 1.54) is 0 Å².